The predicted molar refractivity (Wildman–Crippen MR) is 162 cm³/mol. The number of rotatable bonds is 10. The lowest BCUT2D eigenvalue weighted by Crippen LogP contribution is -2.42. The van der Waals surface area contributed by atoms with Crippen molar-refractivity contribution in [2.75, 3.05) is 13.6 Å². The zero-order valence-corrected chi connectivity index (χ0v) is 23.7. The van der Waals surface area contributed by atoms with Gasteiger partial charge in [0.05, 0.1) is 14.1 Å². The Morgan fingerprint density at radius 3 is 1.76 bits per heavy atom. The van der Waals surface area contributed by atoms with Gasteiger partial charge in [0.2, 0.25) is 5.91 Å². The molecule has 0 unspecified atom stereocenters. The van der Waals surface area contributed by atoms with Gasteiger partial charge in [-0.2, -0.15) is 0 Å². The van der Waals surface area contributed by atoms with Crippen LogP contribution in [0, 0.1) is 0 Å². The van der Waals surface area contributed by atoms with Gasteiger partial charge in [-0.25, -0.2) is 0 Å². The molecule has 0 aromatic heterocycles. The van der Waals surface area contributed by atoms with Crippen LogP contribution in [0.5, 0.6) is 5.75 Å². The molecule has 4 rings (SSSR count). The van der Waals surface area contributed by atoms with Gasteiger partial charge in [-0.1, -0.05) is 121 Å². The molecule has 0 saturated heterocycles. The van der Waals surface area contributed by atoms with E-state index in [2.05, 4.69) is 72.3 Å². The normalized spacial score (nSPS) is 10.9. The van der Waals surface area contributed by atoms with E-state index in [-0.39, 0.29) is 11.9 Å². The molecule has 5 heteroatoms. The Kier molecular flexibility index (Phi) is 11.3. The third kappa shape index (κ3) is 9.33. The van der Waals surface area contributed by atoms with E-state index in [1.165, 1.54) is 10.8 Å². The summed E-state index contributed by atoms with van der Waals surface area (Å²) in [6, 6.07) is 39.1. The number of carbonyl (C=O) groups is 1. The Labute approximate surface area is 228 Å². The van der Waals surface area contributed by atoms with E-state index >= 15 is 0 Å². The number of nitrogens with one attached hydrogen (secondary N) is 2. The molecule has 3 N–H and O–H groups in total. The first-order valence-corrected chi connectivity index (χ1v) is 16.5. The van der Waals surface area contributed by atoms with Crippen LogP contribution in [0.4, 0.5) is 0 Å². The van der Waals surface area contributed by atoms with Crippen LogP contribution in [0.25, 0.3) is 0 Å². The highest BCUT2D eigenvalue weighted by molar-refractivity contribution is 6.89. The highest BCUT2D eigenvalue weighted by Gasteiger charge is 2.25. The maximum atomic E-state index is 12.8. The fourth-order valence-corrected chi connectivity index (χ4v) is 6.51. The van der Waals surface area contributed by atoms with Crippen molar-refractivity contribution < 1.29 is 9.90 Å². The lowest BCUT2D eigenvalue weighted by Gasteiger charge is -2.24. The summed E-state index contributed by atoms with van der Waals surface area (Å²) >= 11 is 0. The summed E-state index contributed by atoms with van der Waals surface area (Å²) in [7, 11) is 0.318. The van der Waals surface area contributed by atoms with Gasteiger partial charge in [-0.05, 0) is 54.9 Å². The van der Waals surface area contributed by atoms with Crippen molar-refractivity contribution in [1.82, 2.24) is 10.6 Å². The molecule has 0 aliphatic carbocycles. The molecule has 0 saturated carbocycles. The third-order valence-corrected chi connectivity index (χ3v) is 10.1. The number of amides is 1. The smallest absolute Gasteiger partial charge is 0.220 e. The number of hydrogen-bond acceptors (Lipinski definition) is 3. The molecule has 1 amide bonds. The van der Waals surface area contributed by atoms with Gasteiger partial charge in [0.1, 0.15) is 5.75 Å². The van der Waals surface area contributed by atoms with Crippen LogP contribution in [0.15, 0.2) is 115 Å². The van der Waals surface area contributed by atoms with Crippen molar-refractivity contribution in [3.05, 3.63) is 132 Å². The summed E-state index contributed by atoms with van der Waals surface area (Å²) in [5, 5.41) is 16.7. The molecular formula is C33H40N2O2Si. The topological polar surface area (TPSA) is 61.4 Å². The molecule has 0 aliphatic heterocycles. The minimum Gasteiger partial charge on any atom is -0.508 e. The Bertz CT molecular complexity index is 1170. The monoisotopic (exact) mass is 524 g/mol. The van der Waals surface area contributed by atoms with Crippen molar-refractivity contribution in [3.63, 3.8) is 0 Å². The number of hydrogen-bond donors (Lipinski definition) is 3. The molecule has 4 nitrogen and oxygen atoms in total. The number of aromatic hydroxyl groups is 1. The number of benzene rings is 4. The first-order chi connectivity index (χ1) is 18.4. The van der Waals surface area contributed by atoms with Crippen LogP contribution >= 0.6 is 0 Å². The molecule has 4 aromatic carbocycles. The van der Waals surface area contributed by atoms with Gasteiger partial charge in [-0.15, -0.1) is 0 Å². The molecule has 38 heavy (non-hydrogen) atoms. The maximum absolute atomic E-state index is 12.8. The molecule has 0 fully saturated rings. The number of phenols is 1. The summed E-state index contributed by atoms with van der Waals surface area (Å²) in [5.74, 6) is 0.447. The minimum absolute atomic E-state index is 0.110. The largest absolute Gasteiger partial charge is 0.508 e. The second kappa shape index (κ2) is 14.9. The lowest BCUT2D eigenvalue weighted by molar-refractivity contribution is -0.121. The van der Waals surface area contributed by atoms with Gasteiger partial charge in [0, 0.05) is 6.42 Å². The van der Waals surface area contributed by atoms with E-state index in [9.17, 15) is 4.79 Å². The molecule has 0 bridgehead atoms. The Morgan fingerprint density at radius 2 is 1.26 bits per heavy atom. The Balaban J connectivity index is 0.000000304. The predicted octanol–water partition coefficient (Wildman–Crippen LogP) is 6.05. The van der Waals surface area contributed by atoms with Crippen LogP contribution in [0.2, 0.25) is 19.1 Å². The number of phenolic OH excluding ortho intramolecular Hbond substituents is 1. The standard InChI is InChI=1S/C24H27NOSi.C9H13NO/c1-27(2,22-16-10-5-11-17-22)19-18-23(26)25-24(20-12-6-3-7-13-20)21-14-8-4-9-15-21;1-10-7-6-8-2-4-9(11)5-3-8/h3-17,24H,18-19H2,1-2H3,(H,25,26);2-5,10-11H,6-7H2,1H3. The fourth-order valence-electron chi connectivity index (χ4n) is 4.27. The highest BCUT2D eigenvalue weighted by Crippen LogP contribution is 2.22. The van der Waals surface area contributed by atoms with Crippen LogP contribution in [0.1, 0.15) is 29.2 Å². The van der Waals surface area contributed by atoms with Crippen LogP contribution in [-0.4, -0.2) is 32.7 Å². The van der Waals surface area contributed by atoms with E-state index in [0.717, 1.165) is 30.1 Å². The first kappa shape index (κ1) is 28.9. The van der Waals surface area contributed by atoms with Crippen molar-refractivity contribution in [3.8, 4) is 5.75 Å². The van der Waals surface area contributed by atoms with E-state index in [0.29, 0.717) is 12.2 Å². The van der Waals surface area contributed by atoms with Gasteiger partial charge >= 0.3 is 0 Å². The average molecular weight is 525 g/mol. The van der Waals surface area contributed by atoms with E-state index in [1.54, 1.807) is 12.1 Å². The molecule has 0 aliphatic rings. The van der Waals surface area contributed by atoms with Crippen LogP contribution in [0.3, 0.4) is 0 Å². The number of likely N-dealkylation sites (N-methyl/N-ethyl adjacent to an activating group) is 1. The van der Waals surface area contributed by atoms with Crippen molar-refractivity contribution in [2.45, 2.75) is 38.0 Å². The summed E-state index contributed by atoms with van der Waals surface area (Å²) in [5.41, 5.74) is 3.46. The SMILES string of the molecule is CNCCc1ccc(O)cc1.C[Si](C)(CCC(=O)NC(c1ccccc1)c1ccccc1)c1ccccc1. The van der Waals surface area contributed by atoms with Crippen molar-refractivity contribution in [2.24, 2.45) is 0 Å². The fraction of sp³-hybridized carbons (Fsp3) is 0.242. The lowest BCUT2D eigenvalue weighted by atomic mass is 9.98. The minimum atomic E-state index is -1.61. The number of carbonyl (C=O) groups excluding carboxylic acids is 1. The Morgan fingerprint density at radius 1 is 0.763 bits per heavy atom. The summed E-state index contributed by atoms with van der Waals surface area (Å²) in [6.07, 6.45) is 1.57. The van der Waals surface area contributed by atoms with Crippen molar-refractivity contribution >= 4 is 19.2 Å². The van der Waals surface area contributed by atoms with Gasteiger partial charge < -0.3 is 15.7 Å². The summed E-state index contributed by atoms with van der Waals surface area (Å²) in [4.78, 5) is 12.8. The van der Waals surface area contributed by atoms with E-state index in [1.807, 2.05) is 61.6 Å². The van der Waals surface area contributed by atoms with Gasteiger partial charge in [-0.3, -0.25) is 4.79 Å². The molecule has 0 radical (unpaired) electrons. The summed E-state index contributed by atoms with van der Waals surface area (Å²) in [6.45, 7) is 5.65. The molecule has 4 aromatic rings. The molecule has 0 atom stereocenters. The highest BCUT2D eigenvalue weighted by atomic mass is 28.3. The summed E-state index contributed by atoms with van der Waals surface area (Å²) < 4.78 is 0. The maximum Gasteiger partial charge on any atom is 0.220 e. The van der Waals surface area contributed by atoms with Crippen LogP contribution < -0.4 is 15.8 Å². The molecule has 0 heterocycles. The van der Waals surface area contributed by atoms with Gasteiger partial charge in [0.15, 0.2) is 0 Å². The quantitative estimate of drug-likeness (QED) is 0.221. The van der Waals surface area contributed by atoms with E-state index in [4.69, 9.17) is 5.11 Å². The van der Waals surface area contributed by atoms with E-state index < -0.39 is 8.07 Å². The van der Waals surface area contributed by atoms with Gasteiger partial charge in [0.25, 0.3) is 0 Å². The Hall–Kier alpha value is -3.67. The zero-order chi connectivity index (χ0) is 27.2. The molecule has 198 valence electrons. The molecular weight excluding hydrogens is 484 g/mol. The van der Waals surface area contributed by atoms with Crippen LogP contribution in [-0.2, 0) is 11.2 Å². The molecule has 0 spiro atoms. The second-order valence-electron chi connectivity index (χ2n) is 10.1. The third-order valence-electron chi connectivity index (χ3n) is 6.70. The zero-order valence-electron chi connectivity index (χ0n) is 22.7. The first-order valence-electron chi connectivity index (χ1n) is 13.3. The second-order valence-corrected chi connectivity index (χ2v) is 14.9. The average Bonchev–Trinajstić information content (AvgIpc) is 2.96. The van der Waals surface area contributed by atoms with Crippen molar-refractivity contribution in [1.29, 1.82) is 0 Å².